The molecule has 1 aliphatic heterocycles. The Hall–Kier alpha value is -3.43. The molecule has 0 bridgehead atoms. The number of nitrogens with zero attached hydrogens (tertiary/aromatic N) is 2. The van der Waals surface area contributed by atoms with Gasteiger partial charge in [0.1, 0.15) is 12.3 Å². The van der Waals surface area contributed by atoms with E-state index in [-0.39, 0.29) is 6.42 Å². The van der Waals surface area contributed by atoms with E-state index in [4.69, 9.17) is 9.84 Å². The molecule has 2 aromatic rings. The Balaban J connectivity index is 0.000000247. The molecule has 2 aromatic heterocycles. The Bertz CT molecular complexity index is 1240. The molecule has 15 heteroatoms. The van der Waals surface area contributed by atoms with Crippen LogP contribution < -0.4 is 27.8 Å². The zero-order chi connectivity index (χ0) is 26.1. The molecule has 1 amide bonds. The van der Waals surface area contributed by atoms with Gasteiger partial charge in [0.05, 0.1) is 25.1 Å². The van der Waals surface area contributed by atoms with Crippen LogP contribution in [0.15, 0.2) is 31.6 Å². The second-order valence-corrected chi connectivity index (χ2v) is 7.66. The van der Waals surface area contributed by atoms with Crippen LogP contribution in [0.2, 0.25) is 0 Å². The summed E-state index contributed by atoms with van der Waals surface area (Å²) < 4.78 is 32.5. The summed E-state index contributed by atoms with van der Waals surface area (Å²) in [4.78, 5) is 59.3. The van der Waals surface area contributed by atoms with E-state index in [9.17, 15) is 37.9 Å². The molecular formula is C20H27F2N5O8. The molecule has 3 rings (SSSR count). The molecule has 0 aliphatic carbocycles. The normalized spacial score (nSPS) is 19.2. The third-order valence-corrected chi connectivity index (χ3v) is 5.04. The minimum absolute atomic E-state index is 0.0383. The molecule has 0 saturated carbocycles. The van der Waals surface area contributed by atoms with Crippen molar-refractivity contribution in [3.63, 3.8) is 0 Å². The quantitative estimate of drug-likeness (QED) is 0.301. The highest BCUT2D eigenvalue weighted by atomic mass is 19.1. The third-order valence-electron chi connectivity index (χ3n) is 5.04. The Labute approximate surface area is 196 Å². The van der Waals surface area contributed by atoms with Crippen LogP contribution in [0.25, 0.3) is 0 Å². The van der Waals surface area contributed by atoms with Gasteiger partial charge in [0.2, 0.25) is 11.6 Å². The fourth-order valence-electron chi connectivity index (χ4n) is 3.16. The molecule has 1 fully saturated rings. The molecule has 194 valence electrons. The van der Waals surface area contributed by atoms with Crippen LogP contribution in [0, 0.1) is 11.6 Å². The van der Waals surface area contributed by atoms with E-state index < -0.39 is 65.2 Å². The lowest BCUT2D eigenvalue weighted by Crippen LogP contribution is -2.40. The van der Waals surface area contributed by atoms with Gasteiger partial charge in [0.25, 0.3) is 11.1 Å². The van der Waals surface area contributed by atoms with Crippen LogP contribution in [-0.2, 0) is 4.74 Å². The van der Waals surface area contributed by atoms with Crippen molar-refractivity contribution >= 4 is 6.03 Å². The highest BCUT2D eigenvalue weighted by Gasteiger charge is 2.35. The van der Waals surface area contributed by atoms with Crippen LogP contribution in [0.4, 0.5) is 13.6 Å². The first kappa shape index (κ1) is 27.8. The molecule has 1 saturated heterocycles. The van der Waals surface area contributed by atoms with Crippen molar-refractivity contribution < 1.29 is 28.5 Å². The van der Waals surface area contributed by atoms with E-state index >= 15 is 0 Å². The number of nitrogens with one attached hydrogen (secondary N) is 3. The number of hydrogen-bond donors (Lipinski definition) is 5. The lowest BCUT2D eigenvalue weighted by atomic mass is 10.2. The molecule has 1 aliphatic rings. The van der Waals surface area contributed by atoms with Gasteiger partial charge in [-0.25, -0.2) is 19.0 Å². The topological polar surface area (TPSA) is 189 Å². The summed E-state index contributed by atoms with van der Waals surface area (Å²) in [6, 6.07) is -0.744. The number of rotatable bonds is 7. The molecule has 0 aromatic carbocycles. The summed E-state index contributed by atoms with van der Waals surface area (Å²) >= 11 is 0. The number of amides is 1. The molecule has 0 unspecified atom stereocenters. The van der Waals surface area contributed by atoms with Gasteiger partial charge in [-0.05, 0) is 6.42 Å². The summed E-state index contributed by atoms with van der Waals surface area (Å²) in [7, 11) is 0. The van der Waals surface area contributed by atoms with Crippen molar-refractivity contribution in [2.24, 2.45) is 0 Å². The molecule has 35 heavy (non-hydrogen) atoms. The van der Waals surface area contributed by atoms with Gasteiger partial charge in [-0.15, -0.1) is 0 Å². The van der Waals surface area contributed by atoms with E-state index in [1.807, 2.05) is 0 Å². The molecule has 3 atom stereocenters. The van der Waals surface area contributed by atoms with Crippen LogP contribution in [0.3, 0.4) is 0 Å². The van der Waals surface area contributed by atoms with E-state index in [0.29, 0.717) is 17.3 Å². The van der Waals surface area contributed by atoms with Gasteiger partial charge < -0.3 is 20.3 Å². The number of aromatic amines is 2. The molecule has 13 nitrogen and oxygen atoms in total. The zero-order valence-corrected chi connectivity index (χ0v) is 18.8. The Morgan fingerprint density at radius 1 is 1.09 bits per heavy atom. The molecule has 0 radical (unpaired) electrons. The minimum atomic E-state index is -1.17. The van der Waals surface area contributed by atoms with Gasteiger partial charge in [-0.2, -0.15) is 8.78 Å². The number of aliphatic hydroxyl groups is 2. The predicted molar refractivity (Wildman–Crippen MR) is 117 cm³/mol. The summed E-state index contributed by atoms with van der Waals surface area (Å²) in [5.41, 5.74) is -4.02. The standard InChI is InChI=1S/C11H16FN3O3.C9H11FN2O5/c1-2-3-4-5-6-13-10(17)15-7-8(12)9(16)14-11(15)18;10-4-2-12(9(16)11-8(4)15)7-1-5(14)6(3-13)17-7/h7H,2-6H2,1H3,(H,13,17)(H,14,16,18);2,5-7,13-14H,1,3H2,(H,11,15,16)/t;5-,6+,7+/m.0/s1. The first-order chi connectivity index (χ1) is 16.6. The number of ether oxygens (including phenoxy) is 1. The smallest absolute Gasteiger partial charge is 0.336 e. The number of halogens is 2. The van der Waals surface area contributed by atoms with Crippen molar-refractivity contribution in [2.45, 2.75) is 57.5 Å². The highest BCUT2D eigenvalue weighted by molar-refractivity contribution is 5.76. The SMILES string of the molecule is CCCCCCNC(=O)n1cc(F)c(=O)[nH]c1=O.O=c1[nH]c(=O)n([C@H]2C[C@H](O)[C@@H](CO)O2)cc1F. The van der Waals surface area contributed by atoms with Crippen LogP contribution in [0.5, 0.6) is 0 Å². The first-order valence-corrected chi connectivity index (χ1v) is 10.8. The Kier molecular flexibility index (Phi) is 10.2. The second-order valence-electron chi connectivity index (χ2n) is 7.66. The van der Waals surface area contributed by atoms with Crippen LogP contribution in [0.1, 0.15) is 45.3 Å². The summed E-state index contributed by atoms with van der Waals surface area (Å²) in [5, 5.41) is 20.8. The van der Waals surface area contributed by atoms with Gasteiger partial charge in [-0.3, -0.25) is 24.1 Å². The van der Waals surface area contributed by atoms with Crippen molar-refractivity contribution in [2.75, 3.05) is 13.2 Å². The summed E-state index contributed by atoms with van der Waals surface area (Å²) in [6.45, 7) is 2.07. The monoisotopic (exact) mass is 503 g/mol. The van der Waals surface area contributed by atoms with Gasteiger partial charge >= 0.3 is 17.4 Å². The number of carbonyl (C=O) groups is 1. The van der Waals surface area contributed by atoms with Gasteiger partial charge in [0.15, 0.2) is 0 Å². The van der Waals surface area contributed by atoms with Crippen molar-refractivity contribution in [1.82, 2.24) is 24.4 Å². The predicted octanol–water partition coefficient (Wildman–Crippen LogP) is -0.870. The van der Waals surface area contributed by atoms with Gasteiger partial charge in [0, 0.05) is 13.0 Å². The van der Waals surface area contributed by atoms with E-state index in [0.717, 1.165) is 36.4 Å². The lowest BCUT2D eigenvalue weighted by molar-refractivity contribution is -0.0462. The van der Waals surface area contributed by atoms with E-state index in [1.165, 1.54) is 0 Å². The Morgan fingerprint density at radius 2 is 1.71 bits per heavy atom. The summed E-state index contributed by atoms with van der Waals surface area (Å²) in [5.74, 6) is -2.29. The van der Waals surface area contributed by atoms with Gasteiger partial charge in [-0.1, -0.05) is 26.2 Å². The third kappa shape index (κ3) is 7.53. The second kappa shape index (κ2) is 12.9. The number of H-pyrrole nitrogens is 2. The maximum absolute atomic E-state index is 13.0. The van der Waals surface area contributed by atoms with Crippen LogP contribution in [-0.4, -0.2) is 60.7 Å². The fourth-order valence-corrected chi connectivity index (χ4v) is 3.16. The van der Waals surface area contributed by atoms with Crippen molar-refractivity contribution in [1.29, 1.82) is 0 Å². The Morgan fingerprint density at radius 3 is 2.31 bits per heavy atom. The number of aliphatic hydroxyl groups excluding tert-OH is 2. The molecule has 5 N–H and O–H groups in total. The van der Waals surface area contributed by atoms with E-state index in [1.54, 1.807) is 9.97 Å². The number of aromatic nitrogens is 4. The highest BCUT2D eigenvalue weighted by Crippen LogP contribution is 2.27. The largest absolute Gasteiger partial charge is 0.394 e. The van der Waals surface area contributed by atoms with Crippen molar-refractivity contribution in [3.8, 4) is 0 Å². The maximum atomic E-state index is 13.0. The average Bonchev–Trinajstić information content (AvgIpc) is 3.19. The molecule has 0 spiro atoms. The average molecular weight is 503 g/mol. The first-order valence-electron chi connectivity index (χ1n) is 10.8. The summed E-state index contributed by atoms with van der Waals surface area (Å²) in [6.07, 6.45) is 2.61. The zero-order valence-electron chi connectivity index (χ0n) is 18.8. The number of unbranched alkanes of at least 4 members (excludes halogenated alkanes) is 3. The fraction of sp³-hybridized carbons (Fsp3) is 0.550. The number of hydrogen-bond acceptors (Lipinski definition) is 8. The number of carbonyl (C=O) groups excluding carboxylic acids is 1. The van der Waals surface area contributed by atoms with E-state index in [2.05, 4.69) is 12.2 Å². The lowest BCUT2D eigenvalue weighted by Gasteiger charge is -2.13. The van der Waals surface area contributed by atoms with Crippen LogP contribution >= 0.6 is 0 Å². The maximum Gasteiger partial charge on any atom is 0.336 e. The minimum Gasteiger partial charge on any atom is -0.394 e. The molecular weight excluding hydrogens is 476 g/mol. The van der Waals surface area contributed by atoms with Crippen molar-refractivity contribution in [3.05, 3.63) is 65.7 Å². The molecule has 3 heterocycles.